The number of amides is 1. The van der Waals surface area contributed by atoms with Gasteiger partial charge in [0.05, 0.1) is 26.7 Å². The van der Waals surface area contributed by atoms with Crippen LogP contribution in [0.25, 0.3) is 0 Å². The predicted molar refractivity (Wildman–Crippen MR) is 99.6 cm³/mol. The minimum absolute atomic E-state index is 0.0160. The number of rotatable bonds is 8. The van der Waals surface area contributed by atoms with Crippen molar-refractivity contribution in [3.05, 3.63) is 18.2 Å². The zero-order valence-electron chi connectivity index (χ0n) is 15.9. The fourth-order valence-corrected chi connectivity index (χ4v) is 4.42. The highest BCUT2D eigenvalue weighted by Gasteiger charge is 2.49. The summed E-state index contributed by atoms with van der Waals surface area (Å²) >= 11 is 0. The van der Waals surface area contributed by atoms with Gasteiger partial charge >= 0.3 is 0 Å². The zero-order chi connectivity index (χ0) is 18.7. The van der Waals surface area contributed by atoms with Crippen LogP contribution in [-0.4, -0.2) is 51.3 Å². The Morgan fingerprint density at radius 2 is 1.73 bits per heavy atom. The minimum atomic E-state index is 0.0160. The highest BCUT2D eigenvalue weighted by molar-refractivity contribution is 5.80. The molecule has 0 spiro atoms. The summed E-state index contributed by atoms with van der Waals surface area (Å²) in [7, 11) is 5.09. The van der Waals surface area contributed by atoms with E-state index in [9.17, 15) is 4.79 Å². The molecule has 2 N–H and O–H groups in total. The van der Waals surface area contributed by atoms with Crippen molar-refractivity contribution in [3.63, 3.8) is 0 Å². The van der Waals surface area contributed by atoms with Gasteiger partial charge in [0.25, 0.3) is 0 Å². The highest BCUT2D eigenvalue weighted by Crippen LogP contribution is 2.48. The van der Waals surface area contributed by atoms with Crippen molar-refractivity contribution in [2.45, 2.75) is 31.7 Å². The van der Waals surface area contributed by atoms with Gasteiger partial charge in [0, 0.05) is 37.8 Å². The largest absolute Gasteiger partial charge is 0.496 e. The molecule has 144 valence electrons. The Balaban J connectivity index is 1.45. The Morgan fingerprint density at radius 1 is 1.12 bits per heavy atom. The van der Waals surface area contributed by atoms with Gasteiger partial charge in [-0.15, -0.1) is 0 Å². The minimum Gasteiger partial charge on any atom is -0.496 e. The summed E-state index contributed by atoms with van der Waals surface area (Å²) in [6.07, 6.45) is 4.24. The quantitative estimate of drug-likeness (QED) is 0.719. The molecular formula is C20H30N2O4. The van der Waals surface area contributed by atoms with Gasteiger partial charge in [-0.05, 0) is 37.5 Å². The van der Waals surface area contributed by atoms with Crippen LogP contribution < -0.4 is 19.9 Å². The second kappa shape index (κ2) is 8.16. The van der Waals surface area contributed by atoms with Crippen molar-refractivity contribution in [1.29, 1.82) is 0 Å². The molecule has 0 saturated heterocycles. The van der Waals surface area contributed by atoms with E-state index in [0.29, 0.717) is 42.2 Å². The normalized spacial score (nSPS) is 26.6. The number of nitrogens with zero attached hydrogens (tertiary/aromatic N) is 1. The third kappa shape index (κ3) is 3.90. The molecule has 0 radical (unpaired) electrons. The third-order valence-electron chi connectivity index (χ3n) is 5.87. The van der Waals surface area contributed by atoms with E-state index in [1.165, 1.54) is 6.42 Å². The summed E-state index contributed by atoms with van der Waals surface area (Å²) in [6, 6.07) is 5.50. The van der Waals surface area contributed by atoms with Crippen LogP contribution in [0, 0.1) is 17.8 Å². The van der Waals surface area contributed by atoms with Crippen molar-refractivity contribution < 1.29 is 19.0 Å². The van der Waals surface area contributed by atoms with Gasteiger partial charge in [-0.2, -0.15) is 0 Å². The Kier molecular flexibility index (Phi) is 5.91. The first-order valence-corrected chi connectivity index (χ1v) is 9.40. The van der Waals surface area contributed by atoms with Crippen LogP contribution in [0.2, 0.25) is 0 Å². The average molecular weight is 362 g/mol. The van der Waals surface area contributed by atoms with Crippen molar-refractivity contribution in [1.82, 2.24) is 4.90 Å². The maximum Gasteiger partial charge on any atom is 0.227 e. The van der Waals surface area contributed by atoms with E-state index in [1.807, 2.05) is 24.1 Å². The van der Waals surface area contributed by atoms with Gasteiger partial charge in [-0.3, -0.25) is 4.79 Å². The van der Waals surface area contributed by atoms with Crippen LogP contribution in [0.3, 0.4) is 0 Å². The fraction of sp³-hybridized carbons (Fsp3) is 0.650. The van der Waals surface area contributed by atoms with Gasteiger partial charge in [0.1, 0.15) is 17.2 Å². The summed E-state index contributed by atoms with van der Waals surface area (Å²) in [6.45, 7) is 1.19. The molecule has 6 heteroatoms. The lowest BCUT2D eigenvalue weighted by atomic mass is 9.84. The van der Waals surface area contributed by atoms with Gasteiger partial charge in [-0.25, -0.2) is 0 Å². The predicted octanol–water partition coefficient (Wildman–Crippen LogP) is 2.30. The average Bonchev–Trinajstić information content (AvgIpc) is 3.25. The number of benzene rings is 1. The molecule has 0 aliphatic heterocycles. The van der Waals surface area contributed by atoms with Crippen LogP contribution >= 0.6 is 0 Å². The molecular weight excluding hydrogens is 332 g/mol. The van der Waals surface area contributed by atoms with Gasteiger partial charge in [0.2, 0.25) is 5.91 Å². The third-order valence-corrected chi connectivity index (χ3v) is 5.87. The lowest BCUT2D eigenvalue weighted by Crippen LogP contribution is -2.46. The first-order chi connectivity index (χ1) is 12.5. The number of hydrogen-bond donors (Lipinski definition) is 1. The van der Waals surface area contributed by atoms with Gasteiger partial charge in [-0.1, -0.05) is 0 Å². The van der Waals surface area contributed by atoms with Crippen LogP contribution in [0.1, 0.15) is 25.7 Å². The van der Waals surface area contributed by atoms with E-state index in [1.54, 1.807) is 20.3 Å². The molecule has 2 aliphatic carbocycles. The first kappa shape index (κ1) is 18.8. The van der Waals surface area contributed by atoms with E-state index in [2.05, 4.69) is 0 Å². The number of nitrogens with two attached hydrogens (primary N) is 1. The molecule has 0 aromatic heterocycles. The Morgan fingerprint density at radius 3 is 2.31 bits per heavy atom. The Bertz CT molecular complexity index is 612. The topological polar surface area (TPSA) is 74.0 Å². The van der Waals surface area contributed by atoms with Crippen molar-refractivity contribution in [2.75, 3.05) is 34.4 Å². The standard InChI is InChI=1S/C20H30N2O4/c1-22(20(23)18-13-5-6-14(9-13)19(18)21)7-4-8-26-17-11-15(24-2)10-16(12-17)25-3/h10-14,18-19H,4-9,21H2,1-3H3. The molecule has 4 unspecified atom stereocenters. The molecule has 1 aromatic carbocycles. The SMILES string of the molecule is COc1cc(OC)cc(OCCCN(C)C(=O)C2C3CCC(C3)C2N)c1. The lowest BCUT2D eigenvalue weighted by Gasteiger charge is -2.30. The molecule has 6 nitrogen and oxygen atoms in total. The summed E-state index contributed by atoms with van der Waals surface area (Å²) in [5.41, 5.74) is 6.29. The maximum absolute atomic E-state index is 12.7. The Labute approximate surface area is 155 Å². The summed E-state index contributed by atoms with van der Waals surface area (Å²) < 4.78 is 16.3. The van der Waals surface area contributed by atoms with E-state index >= 15 is 0 Å². The molecule has 2 saturated carbocycles. The molecule has 0 heterocycles. The van der Waals surface area contributed by atoms with E-state index in [4.69, 9.17) is 19.9 Å². The molecule has 2 fully saturated rings. The number of carbonyl (C=O) groups excluding carboxylic acids is 1. The molecule has 1 amide bonds. The van der Waals surface area contributed by atoms with E-state index in [-0.39, 0.29) is 17.9 Å². The van der Waals surface area contributed by atoms with Gasteiger partial charge in [0.15, 0.2) is 0 Å². The lowest BCUT2D eigenvalue weighted by molar-refractivity contribution is -0.136. The Hall–Kier alpha value is -1.95. The smallest absolute Gasteiger partial charge is 0.227 e. The maximum atomic E-state index is 12.7. The number of carbonyl (C=O) groups is 1. The molecule has 2 bridgehead atoms. The number of ether oxygens (including phenoxy) is 3. The van der Waals surface area contributed by atoms with Crippen molar-refractivity contribution >= 4 is 5.91 Å². The first-order valence-electron chi connectivity index (χ1n) is 9.40. The van der Waals surface area contributed by atoms with E-state index in [0.717, 1.165) is 19.3 Å². The number of fused-ring (bicyclic) bond motifs is 2. The van der Waals surface area contributed by atoms with Crippen LogP contribution in [-0.2, 0) is 4.79 Å². The fourth-order valence-electron chi connectivity index (χ4n) is 4.42. The summed E-state index contributed by atoms with van der Waals surface area (Å²) in [5, 5.41) is 0. The number of methoxy groups -OCH3 is 2. The molecule has 4 atom stereocenters. The van der Waals surface area contributed by atoms with Crippen molar-refractivity contribution in [2.24, 2.45) is 23.5 Å². The molecule has 2 aliphatic rings. The van der Waals surface area contributed by atoms with Crippen molar-refractivity contribution in [3.8, 4) is 17.2 Å². The van der Waals surface area contributed by atoms with Crippen LogP contribution in [0.4, 0.5) is 0 Å². The molecule has 1 aromatic rings. The van der Waals surface area contributed by atoms with Crippen LogP contribution in [0.5, 0.6) is 17.2 Å². The molecule has 26 heavy (non-hydrogen) atoms. The second-order valence-corrected chi connectivity index (χ2v) is 7.45. The summed E-state index contributed by atoms with van der Waals surface area (Å²) in [4.78, 5) is 14.6. The zero-order valence-corrected chi connectivity index (χ0v) is 15.9. The highest BCUT2D eigenvalue weighted by atomic mass is 16.5. The number of hydrogen-bond acceptors (Lipinski definition) is 5. The monoisotopic (exact) mass is 362 g/mol. The van der Waals surface area contributed by atoms with Crippen LogP contribution in [0.15, 0.2) is 18.2 Å². The summed E-state index contributed by atoms with van der Waals surface area (Å²) in [5.74, 6) is 3.34. The van der Waals surface area contributed by atoms with Gasteiger partial charge < -0.3 is 24.8 Å². The van der Waals surface area contributed by atoms with E-state index < -0.39 is 0 Å². The molecule has 3 rings (SSSR count). The second-order valence-electron chi connectivity index (χ2n) is 7.45.